The number of aromatic nitrogens is 3. The fraction of sp³-hybridized carbons (Fsp3) is 0.318. The average Bonchev–Trinajstić information content (AvgIpc) is 3.13. The summed E-state index contributed by atoms with van der Waals surface area (Å²) in [6.07, 6.45) is -10.4. The van der Waals surface area contributed by atoms with Crippen LogP contribution in [0.2, 0.25) is 0 Å². The van der Waals surface area contributed by atoms with Crippen LogP contribution in [-0.2, 0) is 26.5 Å². The molecule has 3 aromatic rings. The van der Waals surface area contributed by atoms with E-state index in [1.165, 1.54) is 6.07 Å². The van der Waals surface area contributed by atoms with Gasteiger partial charge in [-0.15, -0.1) is 0 Å². The van der Waals surface area contributed by atoms with Crippen LogP contribution in [0.15, 0.2) is 64.3 Å². The molecule has 0 bridgehead atoms. The number of hydrogen-bond donors (Lipinski definition) is 4. The molecule has 38 heavy (non-hydrogen) atoms. The third-order valence-electron chi connectivity index (χ3n) is 5.71. The van der Waals surface area contributed by atoms with Gasteiger partial charge in [0.1, 0.15) is 24.0 Å². The first-order valence-corrected chi connectivity index (χ1v) is 12.4. The maximum Gasteiger partial charge on any atom is 0.469 e. The summed E-state index contributed by atoms with van der Waals surface area (Å²) < 4.78 is 62.5. The van der Waals surface area contributed by atoms with Crippen LogP contribution in [0.1, 0.15) is 17.6 Å². The van der Waals surface area contributed by atoms with Crippen molar-refractivity contribution in [2.24, 2.45) is 0 Å². The molecular weight excluding hydrogens is 538 g/mol. The molecule has 1 aliphatic rings. The van der Waals surface area contributed by atoms with Gasteiger partial charge in [-0.3, -0.25) is 18.5 Å². The monoisotopic (exact) mass is 559 g/mol. The summed E-state index contributed by atoms with van der Waals surface area (Å²) >= 11 is 0. The molecule has 4 atom stereocenters. The second-order valence-electron chi connectivity index (χ2n) is 8.36. The van der Waals surface area contributed by atoms with Gasteiger partial charge in [-0.2, -0.15) is 13.2 Å². The topological polar surface area (TPSA) is 173 Å². The van der Waals surface area contributed by atoms with E-state index >= 15 is 0 Å². The zero-order valence-corrected chi connectivity index (χ0v) is 20.1. The molecule has 0 radical (unpaired) electrons. The van der Waals surface area contributed by atoms with E-state index < -0.39 is 68.6 Å². The van der Waals surface area contributed by atoms with Crippen molar-refractivity contribution < 1.29 is 47.0 Å². The van der Waals surface area contributed by atoms with Crippen molar-refractivity contribution in [1.82, 2.24) is 14.1 Å². The van der Waals surface area contributed by atoms with Gasteiger partial charge in [0.2, 0.25) is 0 Å². The van der Waals surface area contributed by atoms with Crippen molar-refractivity contribution >= 4 is 7.82 Å². The van der Waals surface area contributed by atoms with E-state index in [9.17, 15) is 37.5 Å². The highest BCUT2D eigenvalue weighted by Gasteiger charge is 2.45. The highest BCUT2D eigenvalue weighted by molar-refractivity contribution is 7.46. The van der Waals surface area contributed by atoms with Crippen LogP contribution < -0.4 is 11.2 Å². The molecule has 2 unspecified atom stereocenters. The number of nitrogens with zero attached hydrogens (tertiary/aromatic N) is 3. The standard InChI is InChI=1S/C22H21F3N3O9P/c23-22(24,25)16-9-13(12-4-2-1-3-5-12)8-14(26-16)10-28-17(29)6-7-27(21(28)32)20-19(31)18(30)15(37-20)11-36-38(33,34)35/h1-9,15,18-20,30-31H,10-11H2,(H2,33,34,35)/t15-,18?,19?,20-/m1/s1. The maximum absolute atomic E-state index is 13.6. The summed E-state index contributed by atoms with van der Waals surface area (Å²) in [5.74, 6) is 0. The number of phosphoric acid groups is 1. The number of hydrogen-bond acceptors (Lipinski definition) is 8. The van der Waals surface area contributed by atoms with E-state index in [4.69, 9.17) is 14.5 Å². The lowest BCUT2D eigenvalue weighted by Crippen LogP contribution is -2.43. The molecule has 0 saturated carbocycles. The molecule has 1 fully saturated rings. The Balaban J connectivity index is 1.69. The van der Waals surface area contributed by atoms with Gasteiger partial charge in [0, 0.05) is 12.3 Å². The minimum atomic E-state index is -4.94. The Morgan fingerprint density at radius 1 is 1.03 bits per heavy atom. The van der Waals surface area contributed by atoms with Gasteiger partial charge in [0.15, 0.2) is 6.23 Å². The molecule has 12 nitrogen and oxygen atoms in total. The number of aliphatic hydroxyl groups is 2. The molecule has 204 valence electrons. The first-order valence-electron chi connectivity index (χ1n) is 10.9. The molecule has 0 amide bonds. The fourth-order valence-corrected chi connectivity index (χ4v) is 4.25. The molecule has 3 heterocycles. The van der Waals surface area contributed by atoms with Crippen LogP contribution in [0.4, 0.5) is 13.2 Å². The second-order valence-corrected chi connectivity index (χ2v) is 9.60. The summed E-state index contributed by atoms with van der Waals surface area (Å²) in [5, 5.41) is 20.5. The summed E-state index contributed by atoms with van der Waals surface area (Å²) in [6.45, 7) is -1.50. The summed E-state index contributed by atoms with van der Waals surface area (Å²) in [6, 6.07) is 11.1. The highest BCUT2D eigenvalue weighted by Crippen LogP contribution is 2.38. The Morgan fingerprint density at radius 3 is 2.34 bits per heavy atom. The number of alkyl halides is 3. The highest BCUT2D eigenvalue weighted by atomic mass is 31.2. The summed E-state index contributed by atoms with van der Waals surface area (Å²) in [7, 11) is -4.94. The van der Waals surface area contributed by atoms with Gasteiger partial charge >= 0.3 is 19.7 Å². The van der Waals surface area contributed by atoms with Gasteiger partial charge in [-0.05, 0) is 23.3 Å². The number of rotatable bonds is 7. The molecule has 0 aliphatic carbocycles. The smallest absolute Gasteiger partial charge is 0.387 e. The maximum atomic E-state index is 13.6. The van der Waals surface area contributed by atoms with Crippen molar-refractivity contribution in [2.45, 2.75) is 37.3 Å². The van der Waals surface area contributed by atoms with Gasteiger partial charge in [0.25, 0.3) is 5.56 Å². The minimum Gasteiger partial charge on any atom is -0.387 e. The van der Waals surface area contributed by atoms with Crippen molar-refractivity contribution in [2.75, 3.05) is 6.61 Å². The first kappa shape index (κ1) is 27.9. The molecule has 0 spiro atoms. The van der Waals surface area contributed by atoms with Crippen LogP contribution >= 0.6 is 7.82 Å². The lowest BCUT2D eigenvalue weighted by molar-refractivity contribution is -0.141. The Labute approximate surface area is 211 Å². The van der Waals surface area contributed by atoms with E-state index in [1.807, 2.05) is 0 Å². The predicted octanol–water partition coefficient (Wildman–Crippen LogP) is 0.868. The van der Waals surface area contributed by atoms with E-state index in [1.54, 1.807) is 30.3 Å². The largest absolute Gasteiger partial charge is 0.469 e. The SMILES string of the molecule is O=c1ccn([C@@H]2O[C@H](COP(=O)(O)O)C(O)C2O)c(=O)n1Cc1cc(-c2ccccc2)cc(C(F)(F)F)n1. The minimum absolute atomic E-state index is 0.151. The number of halogens is 3. The Hall–Kier alpha value is -3.17. The van der Waals surface area contributed by atoms with Gasteiger partial charge < -0.3 is 24.7 Å². The molecule has 1 aliphatic heterocycles. The quantitative estimate of drug-likeness (QED) is 0.304. The number of benzene rings is 1. The third-order valence-corrected chi connectivity index (χ3v) is 6.20. The normalized spacial score (nSPS) is 22.1. The average molecular weight is 559 g/mol. The number of ether oxygens (including phenoxy) is 1. The summed E-state index contributed by atoms with van der Waals surface area (Å²) in [5.41, 5.74) is -2.88. The van der Waals surface area contributed by atoms with E-state index in [0.29, 0.717) is 10.1 Å². The molecule has 4 rings (SSSR count). The van der Waals surface area contributed by atoms with Crippen LogP contribution in [0.25, 0.3) is 11.1 Å². The Bertz CT molecular complexity index is 1470. The third kappa shape index (κ3) is 6.10. The molecule has 1 aromatic carbocycles. The van der Waals surface area contributed by atoms with Crippen molar-refractivity contribution in [3.05, 3.63) is 87.0 Å². The van der Waals surface area contributed by atoms with Crippen molar-refractivity contribution in [3.63, 3.8) is 0 Å². The van der Waals surface area contributed by atoms with E-state index in [2.05, 4.69) is 9.51 Å². The van der Waals surface area contributed by atoms with Crippen molar-refractivity contribution in [3.8, 4) is 11.1 Å². The first-order chi connectivity index (χ1) is 17.7. The number of phosphoric ester groups is 1. The fourth-order valence-electron chi connectivity index (χ4n) is 3.91. The molecule has 16 heteroatoms. The Morgan fingerprint density at radius 2 is 1.71 bits per heavy atom. The molecule has 2 aromatic heterocycles. The van der Waals surface area contributed by atoms with Crippen LogP contribution in [0, 0.1) is 0 Å². The second kappa shape index (κ2) is 10.5. The molecule has 4 N–H and O–H groups in total. The van der Waals surface area contributed by atoms with Gasteiger partial charge in [0.05, 0.1) is 18.8 Å². The van der Waals surface area contributed by atoms with E-state index in [0.717, 1.165) is 22.9 Å². The zero-order valence-electron chi connectivity index (χ0n) is 19.2. The van der Waals surface area contributed by atoms with Crippen LogP contribution in [0.3, 0.4) is 0 Å². The predicted molar refractivity (Wildman–Crippen MR) is 123 cm³/mol. The van der Waals surface area contributed by atoms with Crippen LogP contribution in [0.5, 0.6) is 0 Å². The number of aliphatic hydroxyl groups excluding tert-OH is 2. The summed E-state index contributed by atoms with van der Waals surface area (Å²) in [4.78, 5) is 46.9. The molecular formula is C22H21F3N3O9P. The molecule has 1 saturated heterocycles. The Kier molecular flexibility index (Phi) is 7.72. The lowest BCUT2D eigenvalue weighted by Gasteiger charge is -2.19. The lowest BCUT2D eigenvalue weighted by atomic mass is 10.0. The zero-order chi connectivity index (χ0) is 27.8. The van der Waals surface area contributed by atoms with Gasteiger partial charge in [-0.25, -0.2) is 14.3 Å². The van der Waals surface area contributed by atoms with Gasteiger partial charge in [-0.1, -0.05) is 30.3 Å². The van der Waals surface area contributed by atoms with E-state index in [-0.39, 0.29) is 11.3 Å². The van der Waals surface area contributed by atoms with Crippen LogP contribution in [-0.4, -0.2) is 59.0 Å². The number of pyridine rings is 1. The van der Waals surface area contributed by atoms with Crippen molar-refractivity contribution in [1.29, 1.82) is 0 Å².